The Morgan fingerprint density at radius 2 is 1.70 bits per heavy atom. The number of aliphatic hydroxyl groups is 1. The summed E-state index contributed by atoms with van der Waals surface area (Å²) < 4.78 is 0. The normalized spacial score (nSPS) is 18.3. The van der Waals surface area contributed by atoms with Gasteiger partial charge in [0.2, 0.25) is 0 Å². The molecule has 1 N–H and O–H groups in total. The molecule has 0 heterocycles. The smallest absolute Gasteiger partial charge is 0.170 e. The van der Waals surface area contributed by atoms with Crippen LogP contribution in [0.1, 0.15) is 32.3 Å². The molecule has 0 bridgehead atoms. The molecule has 0 atom stereocenters. The van der Waals surface area contributed by atoms with E-state index < -0.39 is 0 Å². The van der Waals surface area contributed by atoms with Crippen molar-refractivity contribution < 1.29 is 14.7 Å². The van der Waals surface area contributed by atoms with E-state index in [-0.39, 0.29) is 51.7 Å². The van der Waals surface area contributed by atoms with E-state index in [1.807, 2.05) is 13.8 Å². The number of halogens is 2. The third-order valence-corrected chi connectivity index (χ3v) is 3.81. The van der Waals surface area contributed by atoms with Gasteiger partial charge in [0, 0.05) is 23.4 Å². The highest BCUT2D eigenvalue weighted by molar-refractivity contribution is 6.36. The van der Waals surface area contributed by atoms with Crippen molar-refractivity contribution in [2.24, 2.45) is 5.41 Å². The number of Topliss-reactive ketones (excluding diaryl/α,β-unsaturated/α-hetero) is 2. The third kappa shape index (κ3) is 2.89. The van der Waals surface area contributed by atoms with Crippen LogP contribution in [-0.4, -0.2) is 16.7 Å². The zero-order valence-electron chi connectivity index (χ0n) is 11.2. The average Bonchev–Trinajstić information content (AvgIpc) is 2.25. The van der Waals surface area contributed by atoms with Crippen LogP contribution in [-0.2, 0) is 9.59 Å². The van der Waals surface area contributed by atoms with E-state index in [0.717, 1.165) is 0 Å². The summed E-state index contributed by atoms with van der Waals surface area (Å²) in [5.41, 5.74) is -0.289. The monoisotopic (exact) mass is 312 g/mol. The first-order chi connectivity index (χ1) is 9.21. The van der Waals surface area contributed by atoms with Crippen LogP contribution in [0.15, 0.2) is 23.8 Å². The van der Waals surface area contributed by atoms with Crippen LogP contribution in [0, 0.1) is 5.41 Å². The van der Waals surface area contributed by atoms with Gasteiger partial charge in [-0.05, 0) is 23.6 Å². The van der Waals surface area contributed by atoms with Gasteiger partial charge in [-0.1, -0.05) is 37.0 Å². The predicted molar refractivity (Wildman–Crippen MR) is 79.0 cm³/mol. The number of allylic oxidation sites excluding steroid dienone is 1. The van der Waals surface area contributed by atoms with Crippen molar-refractivity contribution in [3.8, 4) is 0 Å². The summed E-state index contributed by atoms with van der Waals surface area (Å²) in [7, 11) is 0. The fourth-order valence-electron chi connectivity index (χ4n) is 2.34. The quantitative estimate of drug-likeness (QED) is 0.480. The molecular weight excluding hydrogens is 299 g/mol. The summed E-state index contributed by atoms with van der Waals surface area (Å²) in [4.78, 5) is 24.2. The SMILES string of the molecule is CC1(C)CC(=O)C(=C(O)c2ccc(Cl)cc2Cl)C(=O)C1. The number of aliphatic hydroxyl groups excluding tert-OH is 1. The van der Waals surface area contributed by atoms with Gasteiger partial charge in [0.1, 0.15) is 11.3 Å². The summed E-state index contributed by atoms with van der Waals surface area (Å²) in [5.74, 6) is -1.07. The molecule has 5 heteroatoms. The second kappa shape index (κ2) is 5.23. The van der Waals surface area contributed by atoms with Crippen molar-refractivity contribution in [2.45, 2.75) is 26.7 Å². The standard InChI is InChI=1S/C15H14Cl2O3/c1-15(2)6-11(18)13(12(19)7-15)14(20)9-4-3-8(16)5-10(9)17/h3-5,20H,6-7H2,1-2H3. The van der Waals surface area contributed by atoms with E-state index in [0.29, 0.717) is 5.02 Å². The molecule has 1 aromatic carbocycles. The molecule has 1 aromatic rings. The second-order valence-electron chi connectivity index (χ2n) is 5.71. The van der Waals surface area contributed by atoms with Gasteiger partial charge in [0.25, 0.3) is 0 Å². The van der Waals surface area contributed by atoms with Crippen molar-refractivity contribution in [3.05, 3.63) is 39.4 Å². The number of carbonyl (C=O) groups is 2. The maximum Gasteiger partial charge on any atom is 0.170 e. The van der Waals surface area contributed by atoms with Crippen LogP contribution in [0.4, 0.5) is 0 Å². The van der Waals surface area contributed by atoms with E-state index in [9.17, 15) is 14.7 Å². The zero-order chi connectivity index (χ0) is 15.1. The van der Waals surface area contributed by atoms with E-state index >= 15 is 0 Å². The number of carbonyl (C=O) groups excluding carboxylic acids is 2. The highest BCUT2D eigenvalue weighted by Gasteiger charge is 2.38. The van der Waals surface area contributed by atoms with Crippen LogP contribution in [0.25, 0.3) is 5.76 Å². The van der Waals surface area contributed by atoms with Crippen molar-refractivity contribution in [2.75, 3.05) is 0 Å². The lowest BCUT2D eigenvalue weighted by molar-refractivity contribution is -0.127. The Labute approximate surface area is 127 Å². The lowest BCUT2D eigenvalue weighted by Crippen LogP contribution is -2.32. The largest absolute Gasteiger partial charge is 0.506 e. The van der Waals surface area contributed by atoms with Crippen LogP contribution in [0.3, 0.4) is 0 Å². The molecule has 106 valence electrons. The number of rotatable bonds is 1. The number of ketones is 2. The van der Waals surface area contributed by atoms with Gasteiger partial charge in [-0.3, -0.25) is 9.59 Å². The molecule has 0 unspecified atom stereocenters. The summed E-state index contributed by atoms with van der Waals surface area (Å²) in [6, 6.07) is 4.49. The van der Waals surface area contributed by atoms with Crippen LogP contribution < -0.4 is 0 Å². The molecule has 0 aliphatic heterocycles. The minimum absolute atomic E-state index is 0.159. The highest BCUT2D eigenvalue weighted by Crippen LogP contribution is 2.37. The number of benzene rings is 1. The highest BCUT2D eigenvalue weighted by atomic mass is 35.5. The molecule has 0 radical (unpaired) electrons. The molecule has 20 heavy (non-hydrogen) atoms. The van der Waals surface area contributed by atoms with E-state index in [4.69, 9.17) is 23.2 Å². The average molecular weight is 313 g/mol. The Hall–Kier alpha value is -1.32. The van der Waals surface area contributed by atoms with Crippen molar-refractivity contribution in [3.63, 3.8) is 0 Å². The Kier molecular flexibility index (Phi) is 3.94. The predicted octanol–water partition coefficient (Wildman–Crippen LogP) is 4.22. The summed E-state index contributed by atoms with van der Waals surface area (Å²) in [6.45, 7) is 3.71. The fourth-order valence-corrected chi connectivity index (χ4v) is 2.84. The van der Waals surface area contributed by atoms with Crippen molar-refractivity contribution in [1.29, 1.82) is 0 Å². The lowest BCUT2D eigenvalue weighted by atomic mass is 9.73. The van der Waals surface area contributed by atoms with Gasteiger partial charge in [0.15, 0.2) is 11.6 Å². The zero-order valence-corrected chi connectivity index (χ0v) is 12.7. The molecule has 0 saturated heterocycles. The van der Waals surface area contributed by atoms with Crippen molar-refractivity contribution in [1.82, 2.24) is 0 Å². The molecule has 0 aromatic heterocycles. The van der Waals surface area contributed by atoms with Gasteiger partial charge in [0.05, 0.1) is 5.02 Å². The molecule has 3 nitrogen and oxygen atoms in total. The van der Waals surface area contributed by atoms with Crippen LogP contribution in [0.5, 0.6) is 0 Å². The Bertz CT molecular complexity index is 608. The third-order valence-electron chi connectivity index (χ3n) is 3.26. The topological polar surface area (TPSA) is 54.4 Å². The molecule has 1 aliphatic rings. The first kappa shape index (κ1) is 15.1. The minimum atomic E-state index is -0.373. The molecule has 1 aliphatic carbocycles. The van der Waals surface area contributed by atoms with Gasteiger partial charge in [-0.2, -0.15) is 0 Å². The Balaban J connectivity index is 2.51. The van der Waals surface area contributed by atoms with Gasteiger partial charge in [-0.15, -0.1) is 0 Å². The molecule has 1 saturated carbocycles. The fraction of sp³-hybridized carbons (Fsp3) is 0.333. The minimum Gasteiger partial charge on any atom is -0.506 e. The maximum atomic E-state index is 12.1. The molecular formula is C15H14Cl2O3. The molecule has 0 spiro atoms. The van der Waals surface area contributed by atoms with Gasteiger partial charge < -0.3 is 5.11 Å². The van der Waals surface area contributed by atoms with E-state index in [1.54, 1.807) is 6.07 Å². The first-order valence-electron chi connectivity index (χ1n) is 6.16. The summed E-state index contributed by atoms with van der Waals surface area (Å²) in [5, 5.41) is 10.9. The van der Waals surface area contributed by atoms with Crippen LogP contribution >= 0.6 is 23.2 Å². The Morgan fingerprint density at radius 3 is 2.20 bits per heavy atom. The maximum absolute atomic E-state index is 12.1. The van der Waals surface area contributed by atoms with Gasteiger partial charge in [-0.25, -0.2) is 0 Å². The lowest BCUT2D eigenvalue weighted by Gasteiger charge is -2.28. The van der Waals surface area contributed by atoms with E-state index in [2.05, 4.69) is 0 Å². The first-order valence-corrected chi connectivity index (χ1v) is 6.92. The van der Waals surface area contributed by atoms with E-state index in [1.165, 1.54) is 12.1 Å². The number of hydrogen-bond donors (Lipinski definition) is 1. The van der Waals surface area contributed by atoms with Gasteiger partial charge >= 0.3 is 0 Å². The summed E-state index contributed by atoms with van der Waals surface area (Å²) in [6.07, 6.45) is 0.451. The number of hydrogen-bond acceptors (Lipinski definition) is 3. The van der Waals surface area contributed by atoms with Crippen LogP contribution in [0.2, 0.25) is 10.0 Å². The molecule has 2 rings (SSSR count). The van der Waals surface area contributed by atoms with Crippen molar-refractivity contribution >= 4 is 40.5 Å². The Morgan fingerprint density at radius 1 is 1.15 bits per heavy atom. The molecule has 1 fully saturated rings. The molecule has 0 amide bonds. The second-order valence-corrected chi connectivity index (χ2v) is 6.56. The summed E-state index contributed by atoms with van der Waals surface area (Å²) >= 11 is 11.8.